The molecule has 38 valence electrons. The molecule has 0 aliphatic rings. The summed E-state index contributed by atoms with van der Waals surface area (Å²) in [5.41, 5.74) is 0. The van der Waals surface area contributed by atoms with Crippen LogP contribution in [0.3, 0.4) is 0 Å². The lowest BCUT2D eigenvalue weighted by Gasteiger charge is -1.86. The van der Waals surface area contributed by atoms with E-state index in [-0.39, 0.29) is 12.3 Å². The Morgan fingerprint density at radius 3 is 2.00 bits per heavy atom. The zero-order valence-corrected chi connectivity index (χ0v) is 3.88. The van der Waals surface area contributed by atoms with Gasteiger partial charge >= 0.3 is 0 Å². The predicted octanol–water partition coefficient (Wildman–Crippen LogP) is 1.88. The third kappa shape index (κ3) is 4.15. The summed E-state index contributed by atoms with van der Waals surface area (Å²) >= 11 is 4.92. The molecule has 0 bridgehead atoms. The van der Waals surface area contributed by atoms with Crippen LogP contribution in [0.5, 0.6) is 0 Å². The van der Waals surface area contributed by atoms with Crippen LogP contribution in [-0.2, 0) is 0 Å². The maximum Gasteiger partial charge on any atom is 0.239 e. The minimum atomic E-state index is -2.23. The molecule has 0 radical (unpaired) electrons. The lowest BCUT2D eigenvalue weighted by Crippen LogP contribution is -1.88. The normalized spacial score (nSPS) is 10.0. The third-order valence-electron chi connectivity index (χ3n) is 0.327. The molecule has 0 nitrogen and oxygen atoms in total. The van der Waals surface area contributed by atoms with Gasteiger partial charge in [0.2, 0.25) is 6.43 Å². The maximum absolute atomic E-state index is 11.0. The number of rotatable bonds is 2. The van der Waals surface area contributed by atoms with E-state index < -0.39 is 6.43 Å². The van der Waals surface area contributed by atoms with Gasteiger partial charge in [-0.05, 0) is 0 Å². The van der Waals surface area contributed by atoms with Crippen LogP contribution in [0.25, 0.3) is 0 Å². The molecule has 0 amide bonds. The summed E-state index contributed by atoms with van der Waals surface area (Å²) < 4.78 is 21.9. The van der Waals surface area contributed by atoms with Crippen molar-refractivity contribution in [1.29, 1.82) is 0 Å². The Morgan fingerprint density at radius 2 is 2.00 bits per heavy atom. The first-order chi connectivity index (χ1) is 2.77. The van der Waals surface area contributed by atoms with E-state index in [9.17, 15) is 8.78 Å². The predicted molar refractivity (Wildman–Crippen MR) is 21.3 cm³/mol. The van der Waals surface area contributed by atoms with E-state index in [1.54, 1.807) is 0 Å². The minimum Gasteiger partial charge on any atom is -0.210 e. The average molecular weight is 115 g/mol. The monoisotopic (exact) mass is 114 g/mol. The van der Waals surface area contributed by atoms with E-state index in [1.807, 2.05) is 0 Å². The molecule has 0 atom stereocenters. The number of halogens is 3. The molecular weight excluding hydrogens is 109 g/mol. The SMILES string of the molecule is FC(F)CCCl. The van der Waals surface area contributed by atoms with Gasteiger partial charge in [0.1, 0.15) is 0 Å². The summed E-state index contributed by atoms with van der Waals surface area (Å²) in [4.78, 5) is 0. The Morgan fingerprint density at radius 1 is 1.50 bits per heavy atom. The fourth-order valence-corrected chi connectivity index (χ4v) is 0.247. The Hall–Kier alpha value is 0.150. The lowest BCUT2D eigenvalue weighted by molar-refractivity contribution is 0.145. The van der Waals surface area contributed by atoms with Gasteiger partial charge in [-0.1, -0.05) is 0 Å². The van der Waals surface area contributed by atoms with Gasteiger partial charge in [-0.2, -0.15) is 0 Å². The molecule has 0 aliphatic heterocycles. The first-order valence-corrected chi connectivity index (χ1v) is 2.15. The highest BCUT2D eigenvalue weighted by Gasteiger charge is 1.96. The zero-order valence-electron chi connectivity index (χ0n) is 3.13. The summed E-state index contributed by atoms with van der Waals surface area (Å²) in [5.74, 6) is 0.0532. The Balaban J connectivity index is 2.63. The Labute approximate surface area is 40.1 Å². The molecule has 0 aromatic carbocycles. The molecule has 0 aliphatic carbocycles. The third-order valence-corrected chi connectivity index (χ3v) is 0.546. The summed E-state index contributed by atoms with van der Waals surface area (Å²) in [6.45, 7) is 0. The van der Waals surface area contributed by atoms with E-state index in [0.29, 0.717) is 0 Å². The second-order valence-corrected chi connectivity index (χ2v) is 1.25. The standard InChI is InChI=1S/C3H5ClF2/c4-2-1-3(5)6/h3H,1-2H2. The zero-order chi connectivity index (χ0) is 4.99. The largest absolute Gasteiger partial charge is 0.239 e. The molecule has 0 saturated carbocycles. The molecule has 0 rings (SSSR count). The van der Waals surface area contributed by atoms with Gasteiger partial charge in [-0.15, -0.1) is 11.6 Å². The molecule has 0 N–H and O–H groups in total. The van der Waals surface area contributed by atoms with Gasteiger partial charge < -0.3 is 0 Å². The lowest BCUT2D eigenvalue weighted by atomic mass is 10.5. The van der Waals surface area contributed by atoms with Crippen LogP contribution in [-0.4, -0.2) is 12.3 Å². The minimum absolute atomic E-state index is 0.0532. The van der Waals surface area contributed by atoms with Crippen molar-refractivity contribution in [2.45, 2.75) is 12.8 Å². The smallest absolute Gasteiger partial charge is 0.210 e. The number of hydrogen-bond donors (Lipinski definition) is 0. The molecule has 0 spiro atoms. The van der Waals surface area contributed by atoms with Gasteiger partial charge in [0.15, 0.2) is 0 Å². The summed E-state index contributed by atoms with van der Waals surface area (Å²) in [7, 11) is 0. The van der Waals surface area contributed by atoms with Gasteiger partial charge in [-0.3, -0.25) is 0 Å². The van der Waals surface area contributed by atoms with E-state index in [1.165, 1.54) is 0 Å². The van der Waals surface area contributed by atoms with E-state index in [4.69, 9.17) is 11.6 Å². The number of hydrogen-bond acceptors (Lipinski definition) is 0. The van der Waals surface area contributed by atoms with Crippen molar-refractivity contribution in [1.82, 2.24) is 0 Å². The Kier molecular flexibility index (Phi) is 3.43. The first kappa shape index (κ1) is 6.15. The van der Waals surface area contributed by atoms with E-state index in [0.717, 1.165) is 0 Å². The van der Waals surface area contributed by atoms with Crippen LogP contribution in [0.4, 0.5) is 8.78 Å². The van der Waals surface area contributed by atoms with Crippen LogP contribution in [0, 0.1) is 0 Å². The van der Waals surface area contributed by atoms with Gasteiger partial charge in [0.05, 0.1) is 0 Å². The molecule has 0 fully saturated rings. The van der Waals surface area contributed by atoms with E-state index in [2.05, 4.69) is 0 Å². The molecule has 0 heterocycles. The van der Waals surface area contributed by atoms with Gasteiger partial charge in [-0.25, -0.2) is 8.78 Å². The summed E-state index contributed by atoms with van der Waals surface area (Å²) in [6, 6.07) is 0. The van der Waals surface area contributed by atoms with Crippen LogP contribution in [0.1, 0.15) is 6.42 Å². The molecule has 6 heavy (non-hydrogen) atoms. The van der Waals surface area contributed by atoms with Crippen molar-refractivity contribution >= 4 is 11.6 Å². The van der Waals surface area contributed by atoms with Crippen LogP contribution >= 0.6 is 11.6 Å². The van der Waals surface area contributed by atoms with Crippen molar-refractivity contribution in [3.8, 4) is 0 Å². The van der Waals surface area contributed by atoms with Crippen molar-refractivity contribution in [3.63, 3.8) is 0 Å². The second-order valence-electron chi connectivity index (χ2n) is 0.869. The highest BCUT2D eigenvalue weighted by atomic mass is 35.5. The van der Waals surface area contributed by atoms with Gasteiger partial charge in [0.25, 0.3) is 0 Å². The maximum atomic E-state index is 11.0. The summed E-state index contributed by atoms with van der Waals surface area (Å²) in [5, 5.41) is 0. The first-order valence-electron chi connectivity index (χ1n) is 1.61. The van der Waals surface area contributed by atoms with Gasteiger partial charge in [0, 0.05) is 12.3 Å². The van der Waals surface area contributed by atoms with Crippen molar-refractivity contribution < 1.29 is 8.78 Å². The fraction of sp³-hybridized carbons (Fsp3) is 1.00. The van der Waals surface area contributed by atoms with Crippen molar-refractivity contribution in [2.75, 3.05) is 5.88 Å². The highest BCUT2D eigenvalue weighted by molar-refractivity contribution is 6.17. The molecule has 0 aromatic heterocycles. The number of alkyl halides is 3. The van der Waals surface area contributed by atoms with Crippen molar-refractivity contribution in [2.24, 2.45) is 0 Å². The molecule has 0 aromatic rings. The molecule has 0 saturated heterocycles. The Bertz CT molecular complexity index is 30.0. The van der Waals surface area contributed by atoms with Crippen LogP contribution < -0.4 is 0 Å². The van der Waals surface area contributed by atoms with E-state index >= 15 is 0 Å². The molecule has 0 unspecified atom stereocenters. The molecule has 3 heteroatoms. The van der Waals surface area contributed by atoms with Crippen LogP contribution in [0.15, 0.2) is 0 Å². The average Bonchev–Trinajstić information content (AvgIpc) is 1.35. The van der Waals surface area contributed by atoms with Crippen LogP contribution in [0.2, 0.25) is 0 Å². The second kappa shape index (κ2) is 3.34. The van der Waals surface area contributed by atoms with Crippen molar-refractivity contribution in [3.05, 3.63) is 0 Å². The quantitative estimate of drug-likeness (QED) is 0.481. The fourth-order valence-electron chi connectivity index (χ4n) is 0.0825. The highest BCUT2D eigenvalue weighted by Crippen LogP contribution is 1.98. The topological polar surface area (TPSA) is 0 Å². The summed E-state index contributed by atoms with van der Waals surface area (Å²) in [6.07, 6.45) is -2.43. The molecular formula is C3H5ClF2.